The van der Waals surface area contributed by atoms with Gasteiger partial charge in [-0.3, -0.25) is 0 Å². The Hall–Kier alpha value is -1.62. The smallest absolute Gasteiger partial charge is 0.423 e. The first-order valence-electron chi connectivity index (χ1n) is 6.79. The van der Waals surface area contributed by atoms with Gasteiger partial charge in [0.15, 0.2) is 0 Å². The second-order valence-electron chi connectivity index (χ2n) is 4.10. The van der Waals surface area contributed by atoms with E-state index < -0.39 is 9.28 Å². The van der Waals surface area contributed by atoms with Crippen LogP contribution in [0.5, 0.6) is 11.5 Å². The van der Waals surface area contributed by atoms with Gasteiger partial charge < -0.3 is 13.6 Å². The Morgan fingerprint density at radius 3 is 2.10 bits per heavy atom. The molecule has 0 fully saturated rings. The predicted molar refractivity (Wildman–Crippen MR) is 81.6 cm³/mol. The van der Waals surface area contributed by atoms with E-state index >= 15 is 0 Å². The Balaban J connectivity index is 2.14. The molecule has 2 rings (SSSR count). The minimum absolute atomic E-state index is 0.651. The minimum Gasteiger partial charge on any atom is -0.457 e. The molecule has 0 heterocycles. The zero-order valence-corrected chi connectivity index (χ0v) is 12.8. The van der Waals surface area contributed by atoms with E-state index in [0.717, 1.165) is 16.7 Å². The van der Waals surface area contributed by atoms with Crippen molar-refractivity contribution < 1.29 is 13.6 Å². The van der Waals surface area contributed by atoms with Gasteiger partial charge in [0.2, 0.25) is 0 Å². The maximum absolute atomic E-state index is 5.83. The first-order chi connectivity index (χ1) is 9.83. The van der Waals surface area contributed by atoms with Crippen molar-refractivity contribution in [2.45, 2.75) is 13.8 Å². The summed E-state index contributed by atoms with van der Waals surface area (Å²) in [5, 5.41) is 1.06. The molecule has 3 nitrogen and oxygen atoms in total. The van der Waals surface area contributed by atoms with Gasteiger partial charge in [-0.1, -0.05) is 30.3 Å². The lowest BCUT2D eigenvalue weighted by atomic mass is 10.3. The molecule has 0 N–H and O–H groups in total. The summed E-state index contributed by atoms with van der Waals surface area (Å²) in [6.45, 7) is 5.26. The molecular formula is C16H19O3Si. The molecule has 4 heteroatoms. The van der Waals surface area contributed by atoms with Gasteiger partial charge in [-0.25, -0.2) is 0 Å². The highest BCUT2D eigenvalue weighted by Crippen LogP contribution is 2.19. The Labute approximate surface area is 122 Å². The summed E-state index contributed by atoms with van der Waals surface area (Å²) in [7, 11) is -1.42. The molecule has 0 bridgehead atoms. The van der Waals surface area contributed by atoms with Gasteiger partial charge >= 0.3 is 9.28 Å². The van der Waals surface area contributed by atoms with Gasteiger partial charge in [0.25, 0.3) is 0 Å². The summed E-state index contributed by atoms with van der Waals surface area (Å²) in [6.07, 6.45) is 0. The van der Waals surface area contributed by atoms with Gasteiger partial charge in [0.1, 0.15) is 11.5 Å². The summed E-state index contributed by atoms with van der Waals surface area (Å²) >= 11 is 0. The van der Waals surface area contributed by atoms with Crippen molar-refractivity contribution in [3.8, 4) is 11.5 Å². The molecule has 0 unspecified atom stereocenters. The SMILES string of the molecule is CCO[Si](OCC)c1cccc(Oc2ccccc2)c1. The standard InChI is InChI=1S/C16H19O3Si/c1-3-17-20(18-4-2)16-12-8-11-15(13-16)19-14-9-6-5-7-10-14/h5-13H,3-4H2,1-2H3. The second kappa shape index (κ2) is 7.84. The van der Waals surface area contributed by atoms with Crippen molar-refractivity contribution in [2.75, 3.05) is 13.2 Å². The summed E-state index contributed by atoms with van der Waals surface area (Å²) in [6, 6.07) is 17.7. The second-order valence-corrected chi connectivity index (χ2v) is 5.83. The molecule has 0 amide bonds. The van der Waals surface area contributed by atoms with Crippen LogP contribution in [0.2, 0.25) is 0 Å². The van der Waals surface area contributed by atoms with Gasteiger partial charge in [-0.05, 0) is 43.3 Å². The number of hydrogen-bond donors (Lipinski definition) is 0. The van der Waals surface area contributed by atoms with Crippen molar-refractivity contribution in [2.24, 2.45) is 0 Å². The largest absolute Gasteiger partial charge is 0.457 e. The minimum atomic E-state index is -1.42. The molecule has 0 aliphatic carbocycles. The van der Waals surface area contributed by atoms with Gasteiger partial charge in [-0.15, -0.1) is 0 Å². The maximum atomic E-state index is 5.83. The number of hydrogen-bond acceptors (Lipinski definition) is 3. The molecule has 20 heavy (non-hydrogen) atoms. The van der Waals surface area contributed by atoms with Gasteiger partial charge in [0, 0.05) is 13.2 Å². The summed E-state index contributed by atoms with van der Waals surface area (Å²) in [5.41, 5.74) is 0. The fraction of sp³-hybridized carbons (Fsp3) is 0.250. The molecule has 0 aliphatic rings. The lowest BCUT2D eigenvalue weighted by molar-refractivity contribution is 0.225. The molecule has 2 aromatic rings. The highest BCUT2D eigenvalue weighted by Gasteiger charge is 2.18. The van der Waals surface area contributed by atoms with E-state index in [9.17, 15) is 0 Å². The van der Waals surface area contributed by atoms with Crippen LogP contribution in [0.15, 0.2) is 54.6 Å². The summed E-state index contributed by atoms with van der Waals surface area (Å²) < 4.78 is 17.2. The van der Waals surface area contributed by atoms with Crippen molar-refractivity contribution in [1.82, 2.24) is 0 Å². The van der Waals surface area contributed by atoms with Crippen LogP contribution in [-0.4, -0.2) is 22.5 Å². The van der Waals surface area contributed by atoms with Crippen LogP contribution in [-0.2, 0) is 8.85 Å². The predicted octanol–water partition coefficient (Wildman–Crippen LogP) is 3.25. The molecule has 105 valence electrons. The number of benzene rings is 2. The zero-order valence-electron chi connectivity index (χ0n) is 11.8. The van der Waals surface area contributed by atoms with E-state index in [-0.39, 0.29) is 0 Å². The molecule has 1 radical (unpaired) electrons. The number of para-hydroxylation sites is 1. The van der Waals surface area contributed by atoms with E-state index in [1.807, 2.05) is 68.4 Å². The van der Waals surface area contributed by atoms with Crippen LogP contribution in [0.4, 0.5) is 0 Å². The van der Waals surface area contributed by atoms with Crippen LogP contribution >= 0.6 is 0 Å². The Bertz CT molecular complexity index is 510. The lowest BCUT2D eigenvalue weighted by Crippen LogP contribution is -2.36. The van der Waals surface area contributed by atoms with E-state index in [4.69, 9.17) is 13.6 Å². The van der Waals surface area contributed by atoms with Crippen molar-refractivity contribution in [3.05, 3.63) is 54.6 Å². The van der Waals surface area contributed by atoms with Crippen molar-refractivity contribution in [1.29, 1.82) is 0 Å². The normalized spacial score (nSPS) is 10.8. The van der Waals surface area contributed by atoms with Crippen LogP contribution in [0, 0.1) is 0 Å². The van der Waals surface area contributed by atoms with Gasteiger partial charge in [0.05, 0.1) is 0 Å². The maximum Gasteiger partial charge on any atom is 0.423 e. The van der Waals surface area contributed by atoms with E-state index in [1.54, 1.807) is 0 Å². The van der Waals surface area contributed by atoms with Gasteiger partial charge in [-0.2, -0.15) is 0 Å². The quantitative estimate of drug-likeness (QED) is 0.732. The first kappa shape index (κ1) is 14.8. The molecular weight excluding hydrogens is 268 g/mol. The summed E-state index contributed by atoms with van der Waals surface area (Å²) in [4.78, 5) is 0. The number of rotatable bonds is 7. The summed E-state index contributed by atoms with van der Waals surface area (Å²) in [5.74, 6) is 1.63. The molecule has 2 aromatic carbocycles. The van der Waals surface area contributed by atoms with Crippen LogP contribution in [0.1, 0.15) is 13.8 Å². The van der Waals surface area contributed by atoms with E-state index in [1.165, 1.54) is 0 Å². The molecule has 0 aliphatic heterocycles. The Morgan fingerprint density at radius 2 is 1.45 bits per heavy atom. The average molecular weight is 287 g/mol. The van der Waals surface area contributed by atoms with E-state index in [0.29, 0.717) is 13.2 Å². The molecule has 0 saturated carbocycles. The third kappa shape index (κ3) is 4.20. The fourth-order valence-corrected chi connectivity index (χ4v) is 3.22. The van der Waals surface area contributed by atoms with Crippen molar-refractivity contribution in [3.63, 3.8) is 0 Å². The van der Waals surface area contributed by atoms with Crippen LogP contribution in [0.3, 0.4) is 0 Å². The van der Waals surface area contributed by atoms with Crippen LogP contribution < -0.4 is 9.92 Å². The molecule has 0 aromatic heterocycles. The molecule has 0 saturated heterocycles. The third-order valence-corrected chi connectivity index (χ3v) is 4.48. The van der Waals surface area contributed by atoms with Crippen LogP contribution in [0.25, 0.3) is 0 Å². The Kier molecular flexibility index (Phi) is 5.80. The topological polar surface area (TPSA) is 27.7 Å². The zero-order chi connectivity index (χ0) is 14.2. The Morgan fingerprint density at radius 1 is 0.800 bits per heavy atom. The first-order valence-corrected chi connectivity index (χ1v) is 8.11. The number of ether oxygens (including phenoxy) is 1. The van der Waals surface area contributed by atoms with E-state index in [2.05, 4.69) is 0 Å². The monoisotopic (exact) mass is 287 g/mol. The van der Waals surface area contributed by atoms with Crippen molar-refractivity contribution >= 4 is 14.5 Å². The average Bonchev–Trinajstić information content (AvgIpc) is 2.48. The highest BCUT2D eigenvalue weighted by atomic mass is 28.3. The molecule has 0 spiro atoms. The third-order valence-electron chi connectivity index (χ3n) is 2.60. The highest BCUT2D eigenvalue weighted by molar-refractivity contribution is 6.61. The fourth-order valence-electron chi connectivity index (χ4n) is 1.78. The molecule has 0 atom stereocenters. The lowest BCUT2D eigenvalue weighted by Gasteiger charge is -2.14.